The number of anilines is 2. The van der Waals surface area contributed by atoms with Crippen molar-refractivity contribution in [2.24, 2.45) is 11.8 Å². The summed E-state index contributed by atoms with van der Waals surface area (Å²) in [7, 11) is 0. The van der Waals surface area contributed by atoms with Gasteiger partial charge >= 0.3 is 0 Å². The number of hydrogen-bond donors (Lipinski definition) is 5. The third-order valence-electron chi connectivity index (χ3n) is 6.19. The van der Waals surface area contributed by atoms with Gasteiger partial charge in [0.2, 0.25) is 17.7 Å². The number of ketones is 2. The molecule has 1 aromatic carbocycles. The van der Waals surface area contributed by atoms with Crippen LogP contribution >= 0.6 is 0 Å². The monoisotopic (exact) mass is 573 g/mol. The van der Waals surface area contributed by atoms with Gasteiger partial charge in [0.05, 0.1) is 6.04 Å². The Morgan fingerprint density at radius 1 is 0.732 bits per heavy atom. The summed E-state index contributed by atoms with van der Waals surface area (Å²) in [5.41, 5.74) is 0.656. The zero-order chi connectivity index (χ0) is 31.3. The number of carbonyl (C=O) groups is 6. The zero-order valence-electron chi connectivity index (χ0n) is 25.6. The molecule has 1 rings (SSSR count). The minimum absolute atomic E-state index is 0.0286. The number of hydrogen-bond acceptors (Lipinski definition) is 7. The third kappa shape index (κ3) is 13.5. The lowest BCUT2D eigenvalue weighted by molar-refractivity contribution is -0.130. The van der Waals surface area contributed by atoms with Crippen LogP contribution < -0.4 is 26.6 Å². The van der Waals surface area contributed by atoms with E-state index in [-0.39, 0.29) is 59.8 Å². The standard InChI is InChI=1S/C30H47N5O6/c1-17(2)27(30(41)32-21(8)28(39)18(3)4)35-29(40)22-14-23(33-25(37)10-9-13-31-19(5)6)16-24(15-22)34-26(38)12-11-20(7)36/h14-19,21,27,31H,9-13H2,1-8H3,(H,32,41)(H,33,37)(H,34,38)(H,35,40)/t21-,27-/m0/s1. The van der Waals surface area contributed by atoms with E-state index in [9.17, 15) is 28.8 Å². The Balaban J connectivity index is 3.16. The maximum absolute atomic E-state index is 13.3. The molecular formula is C30H47N5O6. The average molecular weight is 574 g/mol. The Morgan fingerprint density at radius 3 is 1.78 bits per heavy atom. The molecule has 0 bridgehead atoms. The summed E-state index contributed by atoms with van der Waals surface area (Å²) in [6.45, 7) is 14.7. The highest BCUT2D eigenvalue weighted by Gasteiger charge is 2.28. The Morgan fingerprint density at radius 2 is 1.29 bits per heavy atom. The van der Waals surface area contributed by atoms with E-state index >= 15 is 0 Å². The van der Waals surface area contributed by atoms with Crippen molar-refractivity contribution in [3.05, 3.63) is 23.8 Å². The molecule has 228 valence electrons. The molecule has 11 heteroatoms. The fourth-order valence-corrected chi connectivity index (χ4v) is 3.91. The van der Waals surface area contributed by atoms with Crippen LogP contribution in [0.2, 0.25) is 0 Å². The largest absolute Gasteiger partial charge is 0.345 e. The van der Waals surface area contributed by atoms with Crippen LogP contribution in [0, 0.1) is 11.8 Å². The fourth-order valence-electron chi connectivity index (χ4n) is 3.91. The first-order valence-electron chi connectivity index (χ1n) is 14.2. The van der Waals surface area contributed by atoms with Crippen molar-refractivity contribution < 1.29 is 28.8 Å². The van der Waals surface area contributed by atoms with Gasteiger partial charge in [0.1, 0.15) is 11.8 Å². The molecule has 4 amide bonds. The summed E-state index contributed by atoms with van der Waals surface area (Å²) in [6, 6.07) is 3.07. The summed E-state index contributed by atoms with van der Waals surface area (Å²) < 4.78 is 0. The number of rotatable bonds is 17. The number of carbonyl (C=O) groups excluding carboxylic acids is 6. The van der Waals surface area contributed by atoms with Crippen molar-refractivity contribution in [1.29, 1.82) is 0 Å². The predicted molar refractivity (Wildman–Crippen MR) is 160 cm³/mol. The molecule has 1 aromatic rings. The molecule has 0 radical (unpaired) electrons. The van der Waals surface area contributed by atoms with Gasteiger partial charge in [-0.25, -0.2) is 0 Å². The van der Waals surface area contributed by atoms with Gasteiger partial charge in [-0.05, 0) is 50.9 Å². The van der Waals surface area contributed by atoms with Crippen LogP contribution in [0.5, 0.6) is 0 Å². The van der Waals surface area contributed by atoms with Crippen molar-refractivity contribution in [1.82, 2.24) is 16.0 Å². The van der Waals surface area contributed by atoms with Gasteiger partial charge in [0.15, 0.2) is 5.78 Å². The van der Waals surface area contributed by atoms with Crippen LogP contribution in [0.15, 0.2) is 18.2 Å². The molecule has 0 aliphatic carbocycles. The molecule has 0 saturated heterocycles. The highest BCUT2D eigenvalue weighted by Crippen LogP contribution is 2.21. The summed E-state index contributed by atoms with van der Waals surface area (Å²) in [6.07, 6.45) is 0.906. The van der Waals surface area contributed by atoms with Gasteiger partial charge in [-0.1, -0.05) is 41.5 Å². The SMILES string of the molecule is CC(=O)CCC(=O)Nc1cc(NC(=O)CCCNC(C)C)cc(C(=O)N[C@H](C(=O)N[C@@H](C)C(=O)C(C)C)C(C)C)c1. The van der Waals surface area contributed by atoms with Crippen LogP contribution in [-0.2, 0) is 24.0 Å². The van der Waals surface area contributed by atoms with E-state index in [2.05, 4.69) is 26.6 Å². The summed E-state index contributed by atoms with van der Waals surface area (Å²) in [5.74, 6) is -2.58. The molecule has 41 heavy (non-hydrogen) atoms. The van der Waals surface area contributed by atoms with Crippen LogP contribution in [0.3, 0.4) is 0 Å². The minimum Gasteiger partial charge on any atom is -0.345 e. The van der Waals surface area contributed by atoms with Crippen molar-refractivity contribution in [2.45, 2.75) is 99.2 Å². The van der Waals surface area contributed by atoms with Crippen molar-refractivity contribution >= 4 is 46.6 Å². The second-order valence-corrected chi connectivity index (χ2v) is 11.3. The van der Waals surface area contributed by atoms with Crippen molar-refractivity contribution in [3.63, 3.8) is 0 Å². The van der Waals surface area contributed by atoms with E-state index in [4.69, 9.17) is 0 Å². The maximum atomic E-state index is 13.3. The topological polar surface area (TPSA) is 163 Å². The molecule has 5 N–H and O–H groups in total. The number of Topliss-reactive ketones (excluding diaryl/α,β-unsaturated/α-hetero) is 2. The molecule has 0 aromatic heterocycles. The molecule has 0 spiro atoms. The lowest BCUT2D eigenvalue weighted by Gasteiger charge is -2.24. The normalized spacial score (nSPS) is 12.6. The molecular weight excluding hydrogens is 526 g/mol. The Bertz CT molecular complexity index is 1100. The Labute approximate surface area is 243 Å². The van der Waals surface area contributed by atoms with Gasteiger partial charge < -0.3 is 31.4 Å². The second kappa shape index (κ2) is 17.3. The van der Waals surface area contributed by atoms with E-state index in [1.165, 1.54) is 25.1 Å². The molecule has 0 aliphatic rings. The smallest absolute Gasteiger partial charge is 0.252 e. The quantitative estimate of drug-likeness (QED) is 0.179. The number of amides is 4. The summed E-state index contributed by atoms with van der Waals surface area (Å²) in [5, 5.41) is 14.1. The van der Waals surface area contributed by atoms with Crippen molar-refractivity contribution in [2.75, 3.05) is 17.2 Å². The second-order valence-electron chi connectivity index (χ2n) is 11.3. The lowest BCUT2D eigenvalue weighted by Crippen LogP contribution is -2.53. The minimum atomic E-state index is -0.940. The van der Waals surface area contributed by atoms with Gasteiger partial charge in [-0.2, -0.15) is 0 Å². The first kappa shape index (κ1) is 35.4. The van der Waals surface area contributed by atoms with E-state index in [0.29, 0.717) is 24.7 Å². The van der Waals surface area contributed by atoms with E-state index in [1.807, 2.05) is 13.8 Å². The molecule has 2 atom stereocenters. The van der Waals surface area contributed by atoms with Crippen LogP contribution in [0.25, 0.3) is 0 Å². The van der Waals surface area contributed by atoms with Gasteiger partial charge in [0.25, 0.3) is 5.91 Å². The van der Waals surface area contributed by atoms with Gasteiger partial charge in [-0.3, -0.25) is 24.0 Å². The fraction of sp³-hybridized carbons (Fsp3) is 0.600. The zero-order valence-corrected chi connectivity index (χ0v) is 25.6. The Hall–Kier alpha value is -3.60. The summed E-state index contributed by atoms with van der Waals surface area (Å²) >= 11 is 0. The van der Waals surface area contributed by atoms with Gasteiger partial charge in [0, 0.05) is 48.2 Å². The highest BCUT2D eigenvalue weighted by molar-refractivity contribution is 6.02. The molecule has 0 aliphatic heterocycles. The molecule has 0 fully saturated rings. The van der Waals surface area contributed by atoms with Crippen LogP contribution in [0.4, 0.5) is 11.4 Å². The Kier molecular flexibility index (Phi) is 14.9. The predicted octanol–water partition coefficient (Wildman–Crippen LogP) is 3.20. The van der Waals surface area contributed by atoms with E-state index in [1.54, 1.807) is 34.6 Å². The first-order valence-corrected chi connectivity index (χ1v) is 14.2. The first-order chi connectivity index (χ1) is 19.1. The molecule has 0 heterocycles. The summed E-state index contributed by atoms with van der Waals surface area (Å²) in [4.78, 5) is 74.8. The van der Waals surface area contributed by atoms with Gasteiger partial charge in [-0.15, -0.1) is 0 Å². The molecule has 11 nitrogen and oxygen atoms in total. The number of benzene rings is 1. The average Bonchev–Trinajstić information content (AvgIpc) is 2.87. The van der Waals surface area contributed by atoms with E-state index < -0.39 is 29.8 Å². The third-order valence-corrected chi connectivity index (χ3v) is 6.19. The number of nitrogens with one attached hydrogen (secondary N) is 5. The van der Waals surface area contributed by atoms with Crippen LogP contribution in [-0.4, -0.2) is 59.9 Å². The van der Waals surface area contributed by atoms with Crippen molar-refractivity contribution in [3.8, 4) is 0 Å². The van der Waals surface area contributed by atoms with E-state index in [0.717, 1.165) is 0 Å². The lowest BCUT2D eigenvalue weighted by atomic mass is 10.00. The molecule has 0 saturated carbocycles. The maximum Gasteiger partial charge on any atom is 0.252 e. The molecule has 0 unspecified atom stereocenters. The highest BCUT2D eigenvalue weighted by atomic mass is 16.2. The van der Waals surface area contributed by atoms with Crippen LogP contribution in [0.1, 0.15) is 91.4 Å².